The van der Waals surface area contributed by atoms with Gasteiger partial charge in [-0.05, 0) is 37.1 Å². The number of aryl methyl sites for hydroxylation is 2. The van der Waals surface area contributed by atoms with Gasteiger partial charge in [-0.3, -0.25) is 5.10 Å². The lowest BCUT2D eigenvalue weighted by molar-refractivity contribution is -0.274. The molecule has 0 unspecified atom stereocenters. The first-order chi connectivity index (χ1) is 14.3. The van der Waals surface area contributed by atoms with Crippen LogP contribution in [0.2, 0.25) is 0 Å². The number of H-pyrrole nitrogens is 1. The number of ether oxygens (including phenoxy) is 1. The second-order valence-electron chi connectivity index (χ2n) is 6.48. The van der Waals surface area contributed by atoms with Crippen molar-refractivity contribution in [2.75, 3.05) is 5.32 Å². The van der Waals surface area contributed by atoms with Crippen molar-refractivity contribution in [3.8, 4) is 17.1 Å². The van der Waals surface area contributed by atoms with Crippen molar-refractivity contribution in [2.24, 2.45) is 0 Å². The molecule has 4 aromatic rings. The zero-order valence-corrected chi connectivity index (χ0v) is 16.1. The lowest BCUT2D eigenvalue weighted by Crippen LogP contribution is -2.17. The molecule has 0 amide bonds. The van der Waals surface area contributed by atoms with Crippen LogP contribution in [0.4, 0.5) is 24.9 Å². The maximum absolute atomic E-state index is 12.9. The standard InChI is InChI=1S/C20H17F3N6O/c1-3-12-7-6-9-14-16(12)25-17(26-18(14)27-19-24-11(2)28-29-19)13-8-4-5-10-15(13)30-20(21,22)23/h4-10H,3H2,1-2H3,(H2,24,25,26,27,28,29). The van der Waals surface area contributed by atoms with Crippen molar-refractivity contribution in [2.45, 2.75) is 26.6 Å². The van der Waals surface area contributed by atoms with Gasteiger partial charge in [0.05, 0.1) is 11.1 Å². The van der Waals surface area contributed by atoms with Crippen LogP contribution in [0, 0.1) is 6.92 Å². The van der Waals surface area contributed by atoms with Crippen LogP contribution in [0.1, 0.15) is 18.3 Å². The van der Waals surface area contributed by atoms with Crippen LogP contribution < -0.4 is 10.1 Å². The molecule has 7 nitrogen and oxygen atoms in total. The number of hydrogen-bond acceptors (Lipinski definition) is 6. The molecule has 0 radical (unpaired) electrons. The Morgan fingerprint density at radius 1 is 1.03 bits per heavy atom. The number of benzene rings is 2. The van der Waals surface area contributed by atoms with Gasteiger partial charge in [0.2, 0.25) is 5.95 Å². The first-order valence-electron chi connectivity index (χ1n) is 9.15. The van der Waals surface area contributed by atoms with Crippen molar-refractivity contribution in [1.29, 1.82) is 0 Å². The van der Waals surface area contributed by atoms with Gasteiger partial charge < -0.3 is 10.1 Å². The highest BCUT2D eigenvalue weighted by molar-refractivity contribution is 5.94. The molecule has 0 saturated heterocycles. The number of nitrogens with one attached hydrogen (secondary N) is 2. The number of alkyl halides is 3. The molecule has 30 heavy (non-hydrogen) atoms. The minimum Gasteiger partial charge on any atom is -0.405 e. The van der Waals surface area contributed by atoms with Gasteiger partial charge in [-0.2, -0.15) is 4.98 Å². The Labute approximate surface area is 169 Å². The molecule has 0 aliphatic rings. The highest BCUT2D eigenvalue weighted by atomic mass is 19.4. The summed E-state index contributed by atoms with van der Waals surface area (Å²) in [6, 6.07) is 11.4. The van der Waals surface area contributed by atoms with E-state index in [2.05, 4.69) is 35.2 Å². The number of anilines is 2. The Kier molecular flexibility index (Phi) is 4.98. The molecule has 2 aromatic heterocycles. The van der Waals surface area contributed by atoms with Gasteiger partial charge in [-0.15, -0.1) is 18.3 Å². The first kappa shape index (κ1) is 19.6. The monoisotopic (exact) mass is 414 g/mol. The summed E-state index contributed by atoms with van der Waals surface area (Å²) in [4.78, 5) is 13.3. The number of nitrogens with zero attached hydrogens (tertiary/aromatic N) is 4. The minimum atomic E-state index is -4.83. The van der Waals surface area contributed by atoms with E-state index in [1.165, 1.54) is 18.2 Å². The summed E-state index contributed by atoms with van der Waals surface area (Å²) >= 11 is 0. The van der Waals surface area contributed by atoms with E-state index < -0.39 is 6.36 Å². The van der Waals surface area contributed by atoms with E-state index >= 15 is 0 Å². The van der Waals surface area contributed by atoms with E-state index in [0.717, 1.165) is 5.56 Å². The smallest absolute Gasteiger partial charge is 0.405 e. The maximum Gasteiger partial charge on any atom is 0.573 e. The Bertz CT molecular complexity index is 1200. The molecule has 2 heterocycles. The Morgan fingerprint density at radius 2 is 1.83 bits per heavy atom. The highest BCUT2D eigenvalue weighted by Gasteiger charge is 2.32. The van der Waals surface area contributed by atoms with Gasteiger partial charge in [0, 0.05) is 5.39 Å². The van der Waals surface area contributed by atoms with Crippen LogP contribution >= 0.6 is 0 Å². The number of fused-ring (bicyclic) bond motifs is 1. The van der Waals surface area contributed by atoms with Crippen LogP contribution in [0.3, 0.4) is 0 Å². The highest BCUT2D eigenvalue weighted by Crippen LogP contribution is 2.35. The van der Waals surface area contributed by atoms with E-state index in [9.17, 15) is 13.2 Å². The summed E-state index contributed by atoms with van der Waals surface area (Å²) in [5.41, 5.74) is 1.68. The van der Waals surface area contributed by atoms with Gasteiger partial charge in [-0.25, -0.2) is 9.97 Å². The van der Waals surface area contributed by atoms with Crippen molar-refractivity contribution in [3.63, 3.8) is 0 Å². The molecular formula is C20H17F3N6O. The lowest BCUT2D eigenvalue weighted by Gasteiger charge is -2.15. The zero-order valence-electron chi connectivity index (χ0n) is 16.1. The van der Waals surface area contributed by atoms with E-state index in [-0.39, 0.29) is 17.1 Å². The summed E-state index contributed by atoms with van der Waals surface area (Å²) < 4.78 is 42.8. The fraction of sp³-hybridized carbons (Fsp3) is 0.200. The first-order valence-corrected chi connectivity index (χ1v) is 9.15. The van der Waals surface area contributed by atoms with Crippen molar-refractivity contribution >= 4 is 22.7 Å². The lowest BCUT2D eigenvalue weighted by atomic mass is 10.1. The average molecular weight is 414 g/mol. The van der Waals surface area contributed by atoms with E-state index in [0.29, 0.717) is 34.9 Å². The largest absolute Gasteiger partial charge is 0.573 e. The molecule has 2 N–H and O–H groups in total. The number of hydrogen-bond donors (Lipinski definition) is 2. The molecule has 0 spiro atoms. The summed E-state index contributed by atoms with van der Waals surface area (Å²) in [5.74, 6) is 0.997. The zero-order chi connectivity index (χ0) is 21.3. The number of halogens is 3. The fourth-order valence-corrected chi connectivity index (χ4v) is 3.08. The second-order valence-corrected chi connectivity index (χ2v) is 6.48. The van der Waals surface area contributed by atoms with Gasteiger partial charge in [0.1, 0.15) is 17.4 Å². The van der Waals surface area contributed by atoms with E-state index in [4.69, 9.17) is 0 Å². The quantitative estimate of drug-likeness (QED) is 0.482. The van der Waals surface area contributed by atoms with Crippen LogP contribution in [0.15, 0.2) is 42.5 Å². The van der Waals surface area contributed by atoms with Gasteiger partial charge in [-0.1, -0.05) is 31.2 Å². The second kappa shape index (κ2) is 7.62. The Balaban J connectivity index is 1.91. The van der Waals surface area contributed by atoms with Crippen LogP contribution in [-0.2, 0) is 6.42 Å². The van der Waals surface area contributed by atoms with Gasteiger partial charge in [0.15, 0.2) is 5.82 Å². The third kappa shape index (κ3) is 4.02. The summed E-state index contributed by atoms with van der Waals surface area (Å²) in [6.07, 6.45) is -4.15. The van der Waals surface area contributed by atoms with Crippen molar-refractivity contribution in [3.05, 3.63) is 53.9 Å². The number of aromatic nitrogens is 5. The van der Waals surface area contributed by atoms with Gasteiger partial charge >= 0.3 is 6.36 Å². The topological polar surface area (TPSA) is 88.6 Å². The molecule has 10 heteroatoms. The van der Waals surface area contributed by atoms with Gasteiger partial charge in [0.25, 0.3) is 0 Å². The number of para-hydroxylation sites is 2. The molecule has 0 aliphatic heterocycles. The molecular weight excluding hydrogens is 397 g/mol. The predicted octanol–water partition coefficient (Wildman–Crippen LogP) is 4.93. The normalized spacial score (nSPS) is 11.6. The third-order valence-electron chi connectivity index (χ3n) is 4.37. The maximum atomic E-state index is 12.9. The van der Waals surface area contributed by atoms with Crippen molar-refractivity contribution in [1.82, 2.24) is 25.1 Å². The van der Waals surface area contributed by atoms with Crippen molar-refractivity contribution < 1.29 is 17.9 Å². The predicted molar refractivity (Wildman–Crippen MR) is 105 cm³/mol. The van der Waals surface area contributed by atoms with Crippen LogP contribution in [0.25, 0.3) is 22.3 Å². The molecule has 2 aromatic carbocycles. The Hall–Kier alpha value is -3.69. The molecule has 0 aliphatic carbocycles. The summed E-state index contributed by atoms with van der Waals surface area (Å²) in [7, 11) is 0. The van der Waals surface area contributed by atoms with Crippen LogP contribution in [-0.4, -0.2) is 31.5 Å². The average Bonchev–Trinajstić information content (AvgIpc) is 3.11. The molecule has 0 atom stereocenters. The Morgan fingerprint density at radius 3 is 2.53 bits per heavy atom. The SMILES string of the molecule is CCc1cccc2c(Nc3n[nH]c(C)n3)nc(-c3ccccc3OC(F)(F)F)nc12. The third-order valence-corrected chi connectivity index (χ3v) is 4.37. The fourth-order valence-electron chi connectivity index (χ4n) is 3.08. The minimum absolute atomic E-state index is 0.0954. The summed E-state index contributed by atoms with van der Waals surface area (Å²) in [6.45, 7) is 3.73. The molecule has 4 rings (SSSR count). The number of aromatic amines is 1. The molecule has 0 saturated carbocycles. The van der Waals surface area contributed by atoms with E-state index in [1.54, 1.807) is 13.0 Å². The van der Waals surface area contributed by atoms with E-state index in [1.807, 2.05) is 25.1 Å². The van der Waals surface area contributed by atoms with Crippen LogP contribution in [0.5, 0.6) is 5.75 Å². The molecule has 0 bridgehead atoms. The molecule has 0 fully saturated rings. The number of rotatable bonds is 5. The molecule has 154 valence electrons. The summed E-state index contributed by atoms with van der Waals surface area (Å²) in [5, 5.41) is 10.5.